The molecule has 76 valence electrons. The van der Waals surface area contributed by atoms with Crippen LogP contribution >= 0.6 is 0 Å². The second-order valence-electron chi connectivity index (χ2n) is 4.00. The van der Waals surface area contributed by atoms with E-state index in [4.69, 9.17) is 0 Å². The molecule has 0 spiro atoms. The van der Waals surface area contributed by atoms with E-state index in [0.29, 0.717) is 0 Å². The van der Waals surface area contributed by atoms with Crippen LogP contribution in [0.2, 0.25) is 0 Å². The van der Waals surface area contributed by atoms with Gasteiger partial charge in [-0.2, -0.15) is 0 Å². The van der Waals surface area contributed by atoms with Crippen molar-refractivity contribution < 1.29 is 5.11 Å². The summed E-state index contributed by atoms with van der Waals surface area (Å²) in [6.07, 6.45) is 2.76. The van der Waals surface area contributed by atoms with E-state index >= 15 is 0 Å². The minimum atomic E-state index is -0.255. The first kappa shape index (κ1) is 9.69. The van der Waals surface area contributed by atoms with Crippen molar-refractivity contribution in [2.45, 2.75) is 30.9 Å². The van der Waals surface area contributed by atoms with Crippen molar-refractivity contribution in [3.63, 3.8) is 0 Å². The average molecular weight is 191 g/mol. The van der Waals surface area contributed by atoms with Crippen LogP contribution in [-0.4, -0.2) is 18.3 Å². The first-order chi connectivity index (χ1) is 6.79. The number of rotatable bonds is 2. The lowest BCUT2D eigenvalue weighted by Crippen LogP contribution is -2.46. The maximum absolute atomic E-state index is 10.0. The smallest absolute Gasteiger partial charge is 0.0763 e. The van der Waals surface area contributed by atoms with Crippen LogP contribution in [-0.2, 0) is 5.54 Å². The minimum absolute atomic E-state index is 0.207. The molecule has 0 radical (unpaired) electrons. The Labute approximate surface area is 85.0 Å². The molecule has 2 nitrogen and oxygen atoms in total. The second kappa shape index (κ2) is 3.71. The molecule has 14 heavy (non-hydrogen) atoms. The highest BCUT2D eigenvalue weighted by Crippen LogP contribution is 2.38. The molecule has 2 N–H and O–H groups in total. The van der Waals surface area contributed by atoms with Crippen molar-refractivity contribution in [2.24, 2.45) is 0 Å². The van der Waals surface area contributed by atoms with Gasteiger partial charge in [0.15, 0.2) is 0 Å². The van der Waals surface area contributed by atoms with E-state index in [2.05, 4.69) is 17.4 Å². The Kier molecular flexibility index (Phi) is 2.57. The molecule has 1 fully saturated rings. The van der Waals surface area contributed by atoms with Crippen LogP contribution in [0.15, 0.2) is 30.3 Å². The Balaban J connectivity index is 2.38. The summed E-state index contributed by atoms with van der Waals surface area (Å²) >= 11 is 0. The van der Waals surface area contributed by atoms with E-state index in [1.807, 2.05) is 25.2 Å². The Morgan fingerprint density at radius 3 is 2.57 bits per heavy atom. The summed E-state index contributed by atoms with van der Waals surface area (Å²) in [5.74, 6) is 0. The quantitative estimate of drug-likeness (QED) is 0.745. The maximum Gasteiger partial charge on any atom is 0.0763 e. The van der Waals surface area contributed by atoms with Crippen molar-refractivity contribution >= 4 is 0 Å². The van der Waals surface area contributed by atoms with E-state index in [1.165, 1.54) is 5.56 Å². The Bertz CT molecular complexity index is 298. The average Bonchev–Trinajstić information content (AvgIpc) is 2.62. The monoisotopic (exact) mass is 191 g/mol. The SMILES string of the molecule is CN[C@@]1(c2ccccc2)CCCC1O. The van der Waals surface area contributed by atoms with Crippen molar-refractivity contribution in [1.29, 1.82) is 0 Å². The third kappa shape index (κ3) is 1.35. The van der Waals surface area contributed by atoms with E-state index in [0.717, 1.165) is 19.3 Å². The number of benzene rings is 1. The zero-order chi connectivity index (χ0) is 10.0. The molecule has 0 heterocycles. The summed E-state index contributed by atoms with van der Waals surface area (Å²) in [6, 6.07) is 10.2. The normalized spacial score (nSPS) is 32.0. The summed E-state index contributed by atoms with van der Waals surface area (Å²) in [5.41, 5.74) is 0.994. The molecule has 0 saturated heterocycles. The fraction of sp³-hybridized carbons (Fsp3) is 0.500. The van der Waals surface area contributed by atoms with E-state index < -0.39 is 0 Å². The van der Waals surface area contributed by atoms with Crippen LogP contribution in [0.25, 0.3) is 0 Å². The Morgan fingerprint density at radius 2 is 2.07 bits per heavy atom. The molecule has 1 aromatic carbocycles. The van der Waals surface area contributed by atoms with Gasteiger partial charge < -0.3 is 10.4 Å². The van der Waals surface area contributed by atoms with Gasteiger partial charge >= 0.3 is 0 Å². The fourth-order valence-electron chi connectivity index (χ4n) is 2.50. The Morgan fingerprint density at radius 1 is 1.36 bits per heavy atom. The molecule has 1 unspecified atom stereocenters. The standard InChI is InChI=1S/C12H17NO/c1-13-12(9-5-8-11(12)14)10-6-3-2-4-7-10/h2-4,6-7,11,13-14H,5,8-9H2,1H3/t11?,12-/m1/s1. The zero-order valence-electron chi connectivity index (χ0n) is 8.53. The van der Waals surface area contributed by atoms with Gasteiger partial charge in [-0.05, 0) is 31.9 Å². The molecule has 2 atom stereocenters. The number of aliphatic hydroxyl groups is 1. The summed E-state index contributed by atoms with van der Waals surface area (Å²) in [5, 5.41) is 13.3. The minimum Gasteiger partial charge on any atom is -0.391 e. The molecule has 2 rings (SSSR count). The summed E-state index contributed by atoms with van der Waals surface area (Å²) < 4.78 is 0. The lowest BCUT2D eigenvalue weighted by Gasteiger charge is -2.33. The molecular formula is C12H17NO. The molecule has 1 aliphatic rings. The van der Waals surface area contributed by atoms with Gasteiger partial charge in [-0.1, -0.05) is 30.3 Å². The summed E-state index contributed by atoms with van der Waals surface area (Å²) in [7, 11) is 1.93. The number of aliphatic hydroxyl groups excluding tert-OH is 1. The number of likely N-dealkylation sites (N-methyl/N-ethyl adjacent to an activating group) is 1. The molecule has 2 heteroatoms. The van der Waals surface area contributed by atoms with Gasteiger partial charge in [0, 0.05) is 0 Å². The molecule has 0 aromatic heterocycles. The van der Waals surface area contributed by atoms with Crippen LogP contribution in [0.3, 0.4) is 0 Å². The van der Waals surface area contributed by atoms with Crippen molar-refractivity contribution in [3.05, 3.63) is 35.9 Å². The second-order valence-corrected chi connectivity index (χ2v) is 4.00. The molecule has 0 aliphatic heterocycles. The lowest BCUT2D eigenvalue weighted by atomic mass is 9.86. The van der Waals surface area contributed by atoms with E-state index in [1.54, 1.807) is 0 Å². The number of nitrogens with one attached hydrogen (secondary N) is 1. The van der Waals surface area contributed by atoms with E-state index in [-0.39, 0.29) is 11.6 Å². The van der Waals surface area contributed by atoms with Gasteiger partial charge in [0.25, 0.3) is 0 Å². The predicted molar refractivity (Wildman–Crippen MR) is 57.0 cm³/mol. The summed E-state index contributed by atoms with van der Waals surface area (Å²) in [6.45, 7) is 0. The molecule has 1 aliphatic carbocycles. The largest absolute Gasteiger partial charge is 0.391 e. The van der Waals surface area contributed by atoms with Crippen LogP contribution < -0.4 is 5.32 Å². The predicted octanol–water partition coefficient (Wildman–Crippen LogP) is 1.65. The van der Waals surface area contributed by atoms with Gasteiger partial charge in [0.05, 0.1) is 11.6 Å². The van der Waals surface area contributed by atoms with Crippen molar-refractivity contribution in [2.75, 3.05) is 7.05 Å². The topological polar surface area (TPSA) is 32.3 Å². The van der Waals surface area contributed by atoms with Gasteiger partial charge in [0.2, 0.25) is 0 Å². The molecule has 0 bridgehead atoms. The summed E-state index contributed by atoms with van der Waals surface area (Å²) in [4.78, 5) is 0. The first-order valence-electron chi connectivity index (χ1n) is 5.22. The molecule has 1 saturated carbocycles. The highest BCUT2D eigenvalue weighted by atomic mass is 16.3. The number of hydrogen-bond donors (Lipinski definition) is 2. The first-order valence-corrected chi connectivity index (χ1v) is 5.22. The zero-order valence-corrected chi connectivity index (χ0v) is 8.53. The maximum atomic E-state index is 10.0. The highest BCUT2D eigenvalue weighted by Gasteiger charge is 2.41. The third-order valence-corrected chi connectivity index (χ3v) is 3.35. The van der Waals surface area contributed by atoms with Crippen molar-refractivity contribution in [1.82, 2.24) is 5.32 Å². The van der Waals surface area contributed by atoms with Gasteiger partial charge in [-0.15, -0.1) is 0 Å². The molecular weight excluding hydrogens is 174 g/mol. The van der Waals surface area contributed by atoms with Crippen LogP contribution in [0.4, 0.5) is 0 Å². The third-order valence-electron chi connectivity index (χ3n) is 3.35. The van der Waals surface area contributed by atoms with Gasteiger partial charge in [-0.3, -0.25) is 0 Å². The van der Waals surface area contributed by atoms with Gasteiger partial charge in [0.1, 0.15) is 0 Å². The van der Waals surface area contributed by atoms with Crippen LogP contribution in [0.1, 0.15) is 24.8 Å². The molecule has 1 aromatic rings. The fourth-order valence-corrected chi connectivity index (χ4v) is 2.50. The Hall–Kier alpha value is -0.860. The van der Waals surface area contributed by atoms with Crippen LogP contribution in [0.5, 0.6) is 0 Å². The van der Waals surface area contributed by atoms with Crippen LogP contribution in [0, 0.1) is 0 Å². The lowest BCUT2D eigenvalue weighted by molar-refractivity contribution is 0.0891. The van der Waals surface area contributed by atoms with Gasteiger partial charge in [-0.25, -0.2) is 0 Å². The highest BCUT2D eigenvalue weighted by molar-refractivity contribution is 5.27. The molecule has 0 amide bonds. The van der Waals surface area contributed by atoms with E-state index in [9.17, 15) is 5.11 Å². The van der Waals surface area contributed by atoms with Crippen molar-refractivity contribution in [3.8, 4) is 0 Å². The number of hydrogen-bond acceptors (Lipinski definition) is 2.